The third-order valence-electron chi connectivity index (χ3n) is 6.03. The molecule has 0 aliphatic heterocycles. The van der Waals surface area contributed by atoms with Gasteiger partial charge in [-0.3, -0.25) is 14.0 Å². The molecular weight excluding hydrogens is 404 g/mol. The van der Waals surface area contributed by atoms with Crippen LogP contribution in [0.4, 0.5) is 0 Å². The van der Waals surface area contributed by atoms with Gasteiger partial charge in [0.2, 0.25) is 0 Å². The van der Waals surface area contributed by atoms with Crippen molar-refractivity contribution in [1.82, 2.24) is 29.4 Å². The van der Waals surface area contributed by atoms with Crippen molar-refractivity contribution in [3.63, 3.8) is 0 Å². The summed E-state index contributed by atoms with van der Waals surface area (Å²) >= 11 is 0. The van der Waals surface area contributed by atoms with E-state index in [4.69, 9.17) is 0 Å². The number of carbonyl (C=O) groups excluding carboxylic acids is 1. The van der Waals surface area contributed by atoms with E-state index in [1.807, 2.05) is 16.7 Å². The van der Waals surface area contributed by atoms with Crippen LogP contribution in [0.1, 0.15) is 47.4 Å². The lowest BCUT2D eigenvalue weighted by Gasteiger charge is -2.10. The second-order valence-electron chi connectivity index (χ2n) is 8.41. The molecule has 0 saturated heterocycles. The van der Waals surface area contributed by atoms with Crippen molar-refractivity contribution in [3.8, 4) is 0 Å². The number of nitrogens with one attached hydrogen (secondary N) is 2. The summed E-state index contributed by atoms with van der Waals surface area (Å²) in [6.45, 7) is 2.16. The Morgan fingerprint density at radius 1 is 1.03 bits per heavy atom. The summed E-state index contributed by atoms with van der Waals surface area (Å²) in [6.07, 6.45) is 11.0. The number of imidazole rings is 1. The first-order valence-corrected chi connectivity index (χ1v) is 11.1. The zero-order valence-electron chi connectivity index (χ0n) is 17.8. The van der Waals surface area contributed by atoms with Gasteiger partial charge < -0.3 is 15.0 Å². The van der Waals surface area contributed by atoms with Crippen molar-refractivity contribution in [2.75, 3.05) is 6.54 Å². The van der Waals surface area contributed by atoms with E-state index in [1.165, 1.54) is 41.7 Å². The molecule has 1 fully saturated rings. The summed E-state index contributed by atoms with van der Waals surface area (Å²) < 4.78 is 3.38. The molecule has 8 nitrogen and oxygen atoms in total. The van der Waals surface area contributed by atoms with Crippen LogP contribution in [-0.4, -0.2) is 31.2 Å². The van der Waals surface area contributed by atoms with Gasteiger partial charge in [-0.15, -0.1) is 0 Å². The van der Waals surface area contributed by atoms with Crippen LogP contribution in [0, 0.1) is 5.92 Å². The molecule has 0 aromatic carbocycles. The van der Waals surface area contributed by atoms with Gasteiger partial charge in [0.1, 0.15) is 17.0 Å². The van der Waals surface area contributed by atoms with Gasteiger partial charge in [-0.25, -0.2) is 9.97 Å². The summed E-state index contributed by atoms with van der Waals surface area (Å²) in [7, 11) is 0. The quantitative estimate of drug-likeness (QED) is 0.470. The lowest BCUT2D eigenvalue weighted by molar-refractivity contribution is 0.0945. The van der Waals surface area contributed by atoms with E-state index in [2.05, 4.69) is 32.9 Å². The number of aromatic nitrogens is 4. The number of amides is 1. The topological polar surface area (TPSA) is 92.8 Å². The van der Waals surface area contributed by atoms with Crippen molar-refractivity contribution in [2.24, 2.45) is 5.92 Å². The maximum atomic E-state index is 12.5. The highest BCUT2D eigenvalue weighted by Gasteiger charge is 2.14. The minimum Gasteiger partial charge on any atom is -0.345 e. The van der Waals surface area contributed by atoms with Crippen molar-refractivity contribution < 1.29 is 4.79 Å². The predicted molar refractivity (Wildman–Crippen MR) is 121 cm³/mol. The lowest BCUT2D eigenvalue weighted by atomic mass is 10.1. The van der Waals surface area contributed by atoms with Crippen LogP contribution in [0.2, 0.25) is 0 Å². The van der Waals surface area contributed by atoms with Crippen LogP contribution in [0.15, 0.2) is 59.8 Å². The van der Waals surface area contributed by atoms with Gasteiger partial charge in [-0.05, 0) is 49.1 Å². The van der Waals surface area contributed by atoms with E-state index < -0.39 is 5.91 Å². The number of nitrogens with zero attached hydrogens (tertiary/aromatic N) is 4. The molecule has 0 spiro atoms. The Bertz CT molecular complexity index is 1320. The Labute approximate surface area is 185 Å². The molecule has 32 heavy (non-hydrogen) atoms. The van der Waals surface area contributed by atoms with E-state index in [9.17, 15) is 9.59 Å². The van der Waals surface area contributed by atoms with Gasteiger partial charge in [-0.2, -0.15) is 0 Å². The van der Waals surface area contributed by atoms with E-state index >= 15 is 0 Å². The molecule has 4 aromatic heterocycles. The minimum atomic E-state index is -0.401. The summed E-state index contributed by atoms with van der Waals surface area (Å²) in [4.78, 5) is 33.6. The maximum absolute atomic E-state index is 12.5. The summed E-state index contributed by atoms with van der Waals surface area (Å²) in [6, 6.07) is 10.5. The molecule has 4 aromatic rings. The predicted octanol–water partition coefficient (Wildman–Crippen LogP) is 2.55. The van der Waals surface area contributed by atoms with Crippen LogP contribution in [0.5, 0.6) is 0 Å². The second kappa shape index (κ2) is 8.92. The van der Waals surface area contributed by atoms with Crippen LogP contribution in [-0.2, 0) is 13.1 Å². The standard InChI is InChI=1S/C24H26N6O2/c31-23-11-20(28-22-7-3-4-10-30(22)23)24(32)26-14-19-16-29-15-18(8-9-21(29)27-19)13-25-12-17-5-1-2-6-17/h3-4,7-11,15-17,25H,1-2,5-6,12-14H2,(H,26,32). The number of pyridine rings is 2. The average Bonchev–Trinajstić information content (AvgIpc) is 3.47. The molecule has 164 valence electrons. The second-order valence-corrected chi connectivity index (χ2v) is 8.41. The minimum absolute atomic E-state index is 0.0978. The highest BCUT2D eigenvalue weighted by atomic mass is 16.2. The molecule has 0 bridgehead atoms. The third kappa shape index (κ3) is 4.40. The van der Waals surface area contributed by atoms with Crippen LogP contribution in [0.3, 0.4) is 0 Å². The van der Waals surface area contributed by atoms with Crippen molar-refractivity contribution in [3.05, 3.63) is 82.3 Å². The van der Waals surface area contributed by atoms with Crippen LogP contribution in [0.25, 0.3) is 11.3 Å². The van der Waals surface area contributed by atoms with Crippen molar-refractivity contribution in [1.29, 1.82) is 0 Å². The SMILES string of the molecule is O=C(NCc1cn2cc(CNCC3CCCC3)ccc2n1)c1cc(=O)n2ccccc2n1. The Morgan fingerprint density at radius 3 is 2.78 bits per heavy atom. The molecule has 1 amide bonds. The lowest BCUT2D eigenvalue weighted by Crippen LogP contribution is -2.27. The van der Waals surface area contributed by atoms with Gasteiger partial charge in [0.25, 0.3) is 11.5 Å². The monoisotopic (exact) mass is 430 g/mol. The smallest absolute Gasteiger partial charge is 0.270 e. The fourth-order valence-corrected chi connectivity index (χ4v) is 4.35. The number of hydrogen-bond acceptors (Lipinski definition) is 5. The zero-order chi connectivity index (χ0) is 21.9. The molecule has 8 heteroatoms. The zero-order valence-corrected chi connectivity index (χ0v) is 17.8. The molecule has 4 heterocycles. The Kier molecular flexibility index (Phi) is 5.68. The third-order valence-corrected chi connectivity index (χ3v) is 6.03. The maximum Gasteiger partial charge on any atom is 0.270 e. The van der Waals surface area contributed by atoms with Gasteiger partial charge >= 0.3 is 0 Å². The van der Waals surface area contributed by atoms with Gasteiger partial charge in [-0.1, -0.05) is 25.0 Å². The Hall–Kier alpha value is -3.52. The molecule has 1 aliphatic rings. The highest BCUT2D eigenvalue weighted by molar-refractivity contribution is 5.92. The van der Waals surface area contributed by atoms with Crippen molar-refractivity contribution in [2.45, 2.75) is 38.8 Å². The average molecular weight is 431 g/mol. The summed E-state index contributed by atoms with van der Waals surface area (Å²) in [5.41, 5.74) is 3.02. The molecule has 5 rings (SSSR count). The molecule has 0 atom stereocenters. The Balaban J connectivity index is 1.22. The molecule has 1 aliphatic carbocycles. The first kappa shape index (κ1) is 20.4. The molecule has 2 N–H and O–H groups in total. The van der Waals surface area contributed by atoms with Gasteiger partial charge in [0.05, 0.1) is 12.2 Å². The van der Waals surface area contributed by atoms with Crippen LogP contribution < -0.4 is 16.2 Å². The first-order chi connectivity index (χ1) is 15.7. The highest BCUT2D eigenvalue weighted by Crippen LogP contribution is 2.23. The fourth-order valence-electron chi connectivity index (χ4n) is 4.35. The molecule has 0 radical (unpaired) electrons. The molecule has 1 saturated carbocycles. The number of fused-ring (bicyclic) bond motifs is 2. The largest absolute Gasteiger partial charge is 0.345 e. The first-order valence-electron chi connectivity index (χ1n) is 11.1. The van der Waals surface area contributed by atoms with E-state index in [1.54, 1.807) is 24.4 Å². The number of hydrogen-bond donors (Lipinski definition) is 2. The molecule has 0 unspecified atom stereocenters. The Morgan fingerprint density at radius 2 is 1.91 bits per heavy atom. The van der Waals surface area contributed by atoms with Gasteiger partial charge in [0, 0.05) is 31.2 Å². The van der Waals surface area contributed by atoms with Crippen LogP contribution >= 0.6 is 0 Å². The van der Waals surface area contributed by atoms with E-state index in [0.717, 1.165) is 30.3 Å². The number of rotatable bonds is 7. The summed E-state index contributed by atoms with van der Waals surface area (Å²) in [5.74, 6) is 0.415. The van der Waals surface area contributed by atoms with E-state index in [0.29, 0.717) is 5.65 Å². The fraction of sp³-hybridized carbons (Fsp3) is 0.333. The van der Waals surface area contributed by atoms with Crippen molar-refractivity contribution >= 4 is 17.2 Å². The molecular formula is C24H26N6O2. The normalized spacial score (nSPS) is 14.4. The number of carbonyl (C=O) groups is 1. The van der Waals surface area contributed by atoms with E-state index in [-0.39, 0.29) is 17.8 Å². The summed E-state index contributed by atoms with van der Waals surface area (Å²) in [5, 5.41) is 6.38. The van der Waals surface area contributed by atoms with Gasteiger partial charge in [0.15, 0.2) is 0 Å².